The van der Waals surface area contributed by atoms with E-state index >= 15 is 0 Å². The van der Waals surface area contributed by atoms with Gasteiger partial charge in [0.1, 0.15) is 23.1 Å². The van der Waals surface area contributed by atoms with Crippen molar-refractivity contribution in [3.05, 3.63) is 55.6 Å². The van der Waals surface area contributed by atoms with Crippen molar-refractivity contribution in [1.82, 2.24) is 0 Å². The van der Waals surface area contributed by atoms with Crippen LogP contribution in [-0.4, -0.2) is 16.1 Å². The summed E-state index contributed by atoms with van der Waals surface area (Å²) in [7, 11) is 0. The highest BCUT2D eigenvalue weighted by atomic mass is 127. The quantitative estimate of drug-likeness (QED) is 0.265. The van der Waals surface area contributed by atoms with Crippen LogP contribution in [0.4, 0.5) is 5.69 Å². The van der Waals surface area contributed by atoms with Crippen LogP contribution in [0.15, 0.2) is 46.4 Å². The molecule has 0 saturated carbocycles. The zero-order valence-corrected chi connectivity index (χ0v) is 15.3. The third-order valence-electron chi connectivity index (χ3n) is 2.84. The second-order valence-electron chi connectivity index (χ2n) is 4.50. The predicted molar refractivity (Wildman–Crippen MR) is 98.9 cm³/mol. The van der Waals surface area contributed by atoms with Crippen molar-refractivity contribution in [2.45, 2.75) is 0 Å². The molecule has 3 N–H and O–H groups in total. The number of halogens is 2. The molecule has 0 aromatic heterocycles. The highest BCUT2D eigenvalue weighted by molar-refractivity contribution is 14.1. The van der Waals surface area contributed by atoms with Crippen molar-refractivity contribution < 1.29 is 15.0 Å². The van der Waals surface area contributed by atoms with Crippen LogP contribution in [0.5, 0.6) is 11.5 Å². The summed E-state index contributed by atoms with van der Waals surface area (Å²) in [6.45, 7) is 0. The third kappa shape index (κ3) is 4.46. The fourth-order valence-electron chi connectivity index (χ4n) is 1.73. The van der Waals surface area contributed by atoms with Crippen molar-refractivity contribution in [3.8, 4) is 17.6 Å². The van der Waals surface area contributed by atoms with Gasteiger partial charge in [0.05, 0.1) is 8.04 Å². The minimum absolute atomic E-state index is 0.0773. The van der Waals surface area contributed by atoms with Gasteiger partial charge in [0.2, 0.25) is 0 Å². The molecule has 116 valence electrons. The van der Waals surface area contributed by atoms with Crippen LogP contribution in [0.1, 0.15) is 5.56 Å². The smallest absolute Gasteiger partial charge is 0.266 e. The lowest BCUT2D eigenvalue weighted by molar-refractivity contribution is -0.112. The zero-order valence-electron chi connectivity index (χ0n) is 11.5. The first kappa shape index (κ1) is 17.3. The van der Waals surface area contributed by atoms with Gasteiger partial charge in [0.15, 0.2) is 0 Å². The van der Waals surface area contributed by atoms with Crippen molar-refractivity contribution in [2.75, 3.05) is 5.32 Å². The summed E-state index contributed by atoms with van der Waals surface area (Å²) >= 11 is 5.17. The van der Waals surface area contributed by atoms with Gasteiger partial charge in [-0.3, -0.25) is 4.79 Å². The minimum atomic E-state index is -0.558. The Bertz CT molecular complexity index is 803. The Labute approximate surface area is 154 Å². The largest absolute Gasteiger partial charge is 0.508 e. The second-order valence-corrected chi connectivity index (χ2v) is 6.52. The van der Waals surface area contributed by atoms with Gasteiger partial charge in [0, 0.05) is 5.69 Å². The van der Waals surface area contributed by atoms with Crippen molar-refractivity contribution in [2.24, 2.45) is 0 Å². The molecule has 0 bridgehead atoms. The molecule has 0 saturated heterocycles. The number of hydrogen-bond donors (Lipinski definition) is 3. The molecule has 5 nitrogen and oxygen atoms in total. The van der Waals surface area contributed by atoms with Gasteiger partial charge in [-0.05, 0) is 86.6 Å². The number of nitriles is 1. The number of rotatable bonds is 3. The Balaban J connectivity index is 2.26. The number of carbonyl (C=O) groups is 1. The molecule has 23 heavy (non-hydrogen) atoms. The Morgan fingerprint density at radius 3 is 2.48 bits per heavy atom. The van der Waals surface area contributed by atoms with Gasteiger partial charge < -0.3 is 15.5 Å². The van der Waals surface area contributed by atoms with Crippen molar-refractivity contribution >= 4 is 56.2 Å². The van der Waals surface area contributed by atoms with Crippen LogP contribution >= 0.6 is 38.5 Å². The first-order valence-corrected chi connectivity index (χ1v) is 8.18. The number of phenols is 2. The number of amides is 1. The number of aromatic hydroxyl groups is 2. The molecule has 2 aromatic carbocycles. The van der Waals surface area contributed by atoms with Crippen molar-refractivity contribution in [1.29, 1.82) is 5.26 Å². The molecule has 7 heteroatoms. The summed E-state index contributed by atoms with van der Waals surface area (Å²) in [5.74, 6) is -0.366. The Kier molecular flexibility index (Phi) is 5.63. The van der Waals surface area contributed by atoms with Gasteiger partial charge in [-0.25, -0.2) is 0 Å². The van der Waals surface area contributed by atoms with Crippen molar-refractivity contribution in [3.63, 3.8) is 0 Å². The summed E-state index contributed by atoms with van der Waals surface area (Å²) in [5, 5.41) is 30.7. The van der Waals surface area contributed by atoms with E-state index in [4.69, 9.17) is 0 Å². The molecule has 2 aromatic rings. The summed E-state index contributed by atoms with van der Waals surface area (Å²) in [6.07, 6.45) is 1.43. The first-order valence-electron chi connectivity index (χ1n) is 6.31. The summed E-state index contributed by atoms with van der Waals surface area (Å²) < 4.78 is 1.08. The number of benzene rings is 2. The van der Waals surface area contributed by atoms with E-state index in [-0.39, 0.29) is 17.1 Å². The number of nitrogens with zero attached hydrogens (tertiary/aromatic N) is 1. The fraction of sp³-hybridized carbons (Fsp3) is 0. The number of hydrogen-bond acceptors (Lipinski definition) is 4. The number of phenolic OH excluding ortho intramolecular Hbond substituents is 2. The highest BCUT2D eigenvalue weighted by Crippen LogP contribution is 2.31. The summed E-state index contributed by atoms with van der Waals surface area (Å²) in [6, 6.07) is 11.1. The van der Waals surface area contributed by atoms with E-state index in [1.807, 2.05) is 28.7 Å². The SMILES string of the molecule is N#C/C(=C\c1cc(Br)c(O)c(I)c1)C(=O)Nc1ccc(O)cc1. The maximum absolute atomic E-state index is 12.1. The maximum Gasteiger partial charge on any atom is 0.266 e. The Hall–Kier alpha value is -2.05. The molecular formula is C16H10BrIN2O3. The van der Waals surface area contributed by atoms with Gasteiger partial charge in [-0.2, -0.15) is 5.26 Å². The Morgan fingerprint density at radius 2 is 1.91 bits per heavy atom. The van der Waals surface area contributed by atoms with Gasteiger partial charge >= 0.3 is 0 Å². The number of anilines is 1. The molecule has 0 unspecified atom stereocenters. The maximum atomic E-state index is 12.1. The summed E-state index contributed by atoms with van der Waals surface area (Å²) in [4.78, 5) is 12.1. The second kappa shape index (κ2) is 7.48. The van der Waals surface area contributed by atoms with E-state index in [9.17, 15) is 20.3 Å². The molecule has 0 aliphatic heterocycles. The monoisotopic (exact) mass is 484 g/mol. The topological polar surface area (TPSA) is 93.3 Å². The zero-order chi connectivity index (χ0) is 17.0. The van der Waals surface area contributed by atoms with E-state index in [2.05, 4.69) is 21.2 Å². The third-order valence-corrected chi connectivity index (χ3v) is 4.27. The standard InChI is InChI=1S/C16H10BrIN2O3/c17-13-6-9(7-14(18)15(13)22)5-10(8-19)16(23)20-11-1-3-12(21)4-2-11/h1-7,21-22H,(H,20,23)/b10-5+. The number of nitrogens with one attached hydrogen (secondary N) is 1. The molecule has 0 atom stereocenters. The van der Waals surface area contributed by atoms with Gasteiger partial charge in [-0.15, -0.1) is 0 Å². The molecule has 2 rings (SSSR count). The summed E-state index contributed by atoms with van der Waals surface area (Å²) in [5.41, 5.74) is 0.998. The molecule has 0 fully saturated rings. The molecule has 0 aliphatic carbocycles. The molecule has 0 aliphatic rings. The van der Waals surface area contributed by atoms with Gasteiger partial charge in [0.25, 0.3) is 5.91 Å². The van der Waals surface area contributed by atoms with Gasteiger partial charge in [-0.1, -0.05) is 0 Å². The van der Waals surface area contributed by atoms with E-state index < -0.39 is 5.91 Å². The lowest BCUT2D eigenvalue weighted by Gasteiger charge is -2.05. The van der Waals surface area contributed by atoms with Crippen LogP contribution in [0.2, 0.25) is 0 Å². The van der Waals surface area contributed by atoms with Crippen LogP contribution < -0.4 is 5.32 Å². The molecule has 0 heterocycles. The lowest BCUT2D eigenvalue weighted by atomic mass is 10.1. The first-order chi connectivity index (χ1) is 10.9. The average molecular weight is 485 g/mol. The normalized spacial score (nSPS) is 10.9. The predicted octanol–water partition coefficient (Wildman–Crippen LogP) is 4.01. The average Bonchev–Trinajstić information content (AvgIpc) is 2.52. The fourth-order valence-corrected chi connectivity index (χ4v) is 3.23. The van der Waals surface area contributed by atoms with E-state index in [1.54, 1.807) is 12.1 Å². The van der Waals surface area contributed by atoms with Crippen LogP contribution in [0.25, 0.3) is 6.08 Å². The van der Waals surface area contributed by atoms with E-state index in [0.29, 0.717) is 19.3 Å². The lowest BCUT2D eigenvalue weighted by Crippen LogP contribution is -2.13. The number of carbonyl (C=O) groups excluding carboxylic acids is 1. The van der Waals surface area contributed by atoms with E-state index in [1.165, 1.54) is 30.3 Å². The molecule has 1 amide bonds. The minimum Gasteiger partial charge on any atom is -0.508 e. The highest BCUT2D eigenvalue weighted by Gasteiger charge is 2.11. The van der Waals surface area contributed by atoms with E-state index in [0.717, 1.165) is 0 Å². The van der Waals surface area contributed by atoms with Crippen LogP contribution in [-0.2, 0) is 4.79 Å². The van der Waals surface area contributed by atoms with Crippen LogP contribution in [0.3, 0.4) is 0 Å². The Morgan fingerprint density at radius 1 is 1.26 bits per heavy atom. The molecule has 0 spiro atoms. The molecular weight excluding hydrogens is 475 g/mol. The van der Waals surface area contributed by atoms with Crippen LogP contribution in [0, 0.1) is 14.9 Å². The molecule has 0 radical (unpaired) electrons.